The molecule has 3 nitrogen and oxygen atoms in total. The molecule has 0 fully saturated rings. The average Bonchev–Trinajstić information content (AvgIpc) is 2.56. The van der Waals surface area contributed by atoms with E-state index in [1.165, 1.54) is 11.3 Å². The number of aryl methyl sites for hydroxylation is 1. The van der Waals surface area contributed by atoms with E-state index in [0.717, 1.165) is 31.7 Å². The zero-order valence-corrected chi connectivity index (χ0v) is 15.8. The molecule has 0 bridgehead atoms. The van der Waals surface area contributed by atoms with Crippen LogP contribution in [0.5, 0.6) is 0 Å². The highest BCUT2D eigenvalue weighted by molar-refractivity contribution is 7.80. The van der Waals surface area contributed by atoms with E-state index >= 15 is 0 Å². The molecule has 0 saturated carbocycles. The fourth-order valence-electron chi connectivity index (χ4n) is 2.44. The molecule has 0 amide bonds. The Labute approximate surface area is 155 Å². The molecule has 0 aliphatic carbocycles. The Morgan fingerprint density at radius 2 is 1.92 bits per heavy atom. The van der Waals surface area contributed by atoms with Crippen molar-refractivity contribution in [1.82, 2.24) is 5.32 Å². The van der Waals surface area contributed by atoms with E-state index in [2.05, 4.69) is 53.6 Å². The minimum atomic E-state index is 0.621. The molecule has 0 spiro atoms. The lowest BCUT2D eigenvalue weighted by atomic mass is 10.2. The molecule has 0 unspecified atom stereocenters. The number of benzene rings is 2. The molecule has 24 heavy (non-hydrogen) atoms. The Hall–Kier alpha value is -1.78. The monoisotopic (exact) mass is 361 g/mol. The van der Waals surface area contributed by atoms with Crippen molar-refractivity contribution in [2.75, 3.05) is 29.9 Å². The molecular weight excluding hydrogens is 338 g/mol. The molecule has 0 atom stereocenters. The Balaban J connectivity index is 1.73. The van der Waals surface area contributed by atoms with Crippen molar-refractivity contribution >= 4 is 40.3 Å². The van der Waals surface area contributed by atoms with Gasteiger partial charge >= 0.3 is 0 Å². The summed E-state index contributed by atoms with van der Waals surface area (Å²) in [5, 5.41) is 7.70. The lowest BCUT2D eigenvalue weighted by Gasteiger charge is -2.23. The zero-order chi connectivity index (χ0) is 17.4. The first-order chi connectivity index (χ1) is 11.6. The molecule has 0 radical (unpaired) electrons. The van der Waals surface area contributed by atoms with Gasteiger partial charge in [0.05, 0.1) is 0 Å². The summed E-state index contributed by atoms with van der Waals surface area (Å²) >= 11 is 11.3. The van der Waals surface area contributed by atoms with Crippen LogP contribution in [0, 0.1) is 6.92 Å². The summed E-state index contributed by atoms with van der Waals surface area (Å²) in [6.45, 7) is 7.10. The van der Waals surface area contributed by atoms with E-state index in [1.54, 1.807) is 0 Å². The van der Waals surface area contributed by atoms with Crippen LogP contribution in [0.15, 0.2) is 48.5 Å². The normalized spacial score (nSPS) is 10.3. The van der Waals surface area contributed by atoms with Crippen LogP contribution in [0.3, 0.4) is 0 Å². The first-order valence-electron chi connectivity index (χ1n) is 8.20. The van der Waals surface area contributed by atoms with Gasteiger partial charge in [0.2, 0.25) is 0 Å². The second-order valence-electron chi connectivity index (χ2n) is 5.66. The number of anilines is 2. The Morgan fingerprint density at radius 1 is 1.17 bits per heavy atom. The summed E-state index contributed by atoms with van der Waals surface area (Å²) in [6, 6.07) is 16.2. The number of halogens is 1. The number of hydrogen-bond acceptors (Lipinski definition) is 2. The second kappa shape index (κ2) is 9.50. The van der Waals surface area contributed by atoms with Crippen LogP contribution in [0.4, 0.5) is 11.4 Å². The van der Waals surface area contributed by atoms with Gasteiger partial charge in [0, 0.05) is 36.0 Å². The lowest BCUT2D eigenvalue weighted by molar-refractivity contribution is 0.726. The summed E-state index contributed by atoms with van der Waals surface area (Å²) in [7, 11) is 0. The van der Waals surface area contributed by atoms with E-state index in [0.29, 0.717) is 10.1 Å². The Morgan fingerprint density at radius 3 is 2.58 bits per heavy atom. The number of nitrogens with zero attached hydrogens (tertiary/aromatic N) is 1. The van der Waals surface area contributed by atoms with Gasteiger partial charge in [-0.2, -0.15) is 0 Å². The highest BCUT2D eigenvalue weighted by Gasteiger charge is 2.04. The van der Waals surface area contributed by atoms with Crippen molar-refractivity contribution in [1.29, 1.82) is 0 Å². The predicted octanol–water partition coefficient (Wildman–Crippen LogP) is 4.85. The molecule has 0 heterocycles. The fourth-order valence-corrected chi connectivity index (χ4v) is 2.85. The molecular formula is C19H24ClN3S. The standard InChI is InChI=1S/C19H24ClN3S/c1-3-23(18-10-8-15(2)9-11-18)13-5-12-21-19(24)22-17-7-4-6-16(20)14-17/h4,6-11,14H,3,5,12-13H2,1-2H3,(H2,21,22,24). The van der Waals surface area contributed by atoms with Gasteiger partial charge in [0.1, 0.15) is 0 Å². The van der Waals surface area contributed by atoms with Gasteiger partial charge in [-0.1, -0.05) is 35.4 Å². The number of rotatable bonds is 7. The van der Waals surface area contributed by atoms with Crippen LogP contribution in [-0.4, -0.2) is 24.7 Å². The fraction of sp³-hybridized carbons (Fsp3) is 0.316. The van der Waals surface area contributed by atoms with Gasteiger partial charge in [0.15, 0.2) is 5.11 Å². The van der Waals surface area contributed by atoms with Crippen molar-refractivity contribution in [3.63, 3.8) is 0 Å². The van der Waals surface area contributed by atoms with Crippen LogP contribution in [0.25, 0.3) is 0 Å². The smallest absolute Gasteiger partial charge is 0.170 e. The maximum atomic E-state index is 5.96. The van der Waals surface area contributed by atoms with Crippen LogP contribution >= 0.6 is 23.8 Å². The van der Waals surface area contributed by atoms with Gasteiger partial charge in [-0.25, -0.2) is 0 Å². The van der Waals surface area contributed by atoms with Gasteiger partial charge in [-0.15, -0.1) is 0 Å². The summed E-state index contributed by atoms with van der Waals surface area (Å²) in [6.07, 6.45) is 1.01. The predicted molar refractivity (Wildman–Crippen MR) is 109 cm³/mol. The summed E-state index contributed by atoms with van der Waals surface area (Å²) < 4.78 is 0. The van der Waals surface area contributed by atoms with Crippen molar-refractivity contribution in [2.45, 2.75) is 20.3 Å². The van der Waals surface area contributed by atoms with Gasteiger partial charge in [0.25, 0.3) is 0 Å². The maximum Gasteiger partial charge on any atom is 0.170 e. The Bertz CT molecular complexity index is 658. The van der Waals surface area contributed by atoms with Crippen molar-refractivity contribution < 1.29 is 0 Å². The number of nitrogens with one attached hydrogen (secondary N) is 2. The van der Waals surface area contributed by atoms with E-state index in [4.69, 9.17) is 23.8 Å². The number of thiocarbonyl (C=S) groups is 1. The molecule has 2 aromatic carbocycles. The summed E-state index contributed by atoms with van der Waals surface area (Å²) in [4.78, 5) is 2.37. The molecule has 2 rings (SSSR count). The van der Waals surface area contributed by atoms with Gasteiger partial charge in [-0.3, -0.25) is 0 Å². The van der Waals surface area contributed by atoms with Crippen molar-refractivity contribution in [3.8, 4) is 0 Å². The first kappa shape index (κ1) is 18.6. The Kier molecular flexibility index (Phi) is 7.35. The molecule has 2 N–H and O–H groups in total. The maximum absolute atomic E-state index is 5.96. The third-order valence-corrected chi connectivity index (χ3v) is 4.24. The largest absolute Gasteiger partial charge is 0.372 e. The summed E-state index contributed by atoms with van der Waals surface area (Å²) in [5.41, 5.74) is 3.45. The summed E-state index contributed by atoms with van der Waals surface area (Å²) in [5.74, 6) is 0. The van der Waals surface area contributed by atoms with Gasteiger partial charge in [-0.05, 0) is 62.8 Å². The highest BCUT2D eigenvalue weighted by atomic mass is 35.5. The quantitative estimate of drug-likeness (QED) is 0.544. The molecule has 0 saturated heterocycles. The van der Waals surface area contributed by atoms with E-state index in [9.17, 15) is 0 Å². The van der Waals surface area contributed by atoms with Crippen LogP contribution < -0.4 is 15.5 Å². The lowest BCUT2D eigenvalue weighted by Crippen LogP contribution is -2.32. The zero-order valence-electron chi connectivity index (χ0n) is 14.2. The molecule has 128 valence electrons. The molecule has 5 heteroatoms. The van der Waals surface area contributed by atoms with Crippen molar-refractivity contribution in [3.05, 3.63) is 59.1 Å². The SMILES string of the molecule is CCN(CCCNC(=S)Nc1cccc(Cl)c1)c1ccc(C)cc1. The third kappa shape index (κ3) is 6.02. The van der Waals surface area contributed by atoms with E-state index < -0.39 is 0 Å². The highest BCUT2D eigenvalue weighted by Crippen LogP contribution is 2.15. The van der Waals surface area contributed by atoms with Crippen molar-refractivity contribution in [2.24, 2.45) is 0 Å². The molecule has 2 aromatic rings. The molecule has 0 aliphatic heterocycles. The first-order valence-corrected chi connectivity index (χ1v) is 8.99. The second-order valence-corrected chi connectivity index (χ2v) is 6.50. The van der Waals surface area contributed by atoms with Crippen LogP contribution in [0.2, 0.25) is 5.02 Å². The average molecular weight is 362 g/mol. The van der Waals surface area contributed by atoms with Gasteiger partial charge < -0.3 is 15.5 Å². The number of hydrogen-bond donors (Lipinski definition) is 2. The van der Waals surface area contributed by atoms with E-state index in [1.807, 2.05) is 24.3 Å². The van der Waals surface area contributed by atoms with Crippen LogP contribution in [0.1, 0.15) is 18.9 Å². The molecule has 0 aromatic heterocycles. The topological polar surface area (TPSA) is 27.3 Å². The minimum absolute atomic E-state index is 0.621. The van der Waals surface area contributed by atoms with E-state index in [-0.39, 0.29) is 0 Å². The minimum Gasteiger partial charge on any atom is -0.372 e. The van der Waals surface area contributed by atoms with Crippen LogP contribution in [-0.2, 0) is 0 Å². The molecule has 0 aliphatic rings. The third-order valence-electron chi connectivity index (χ3n) is 3.75.